The highest BCUT2D eigenvalue weighted by molar-refractivity contribution is 7.93. The second-order valence-electron chi connectivity index (χ2n) is 26.6. The molecule has 0 spiro atoms. The smallest absolute Gasteiger partial charge is 0.319 e. The van der Waals surface area contributed by atoms with Crippen molar-refractivity contribution in [3.05, 3.63) is 258 Å². The number of halogens is 3. The minimum Gasteiger partial charge on any atom is -0.369 e. The minimum absolute atomic E-state index is 0.0564. The number of aromatic nitrogens is 6. The third-order valence-electron chi connectivity index (χ3n) is 18.2. The molecule has 592 valence electrons. The van der Waals surface area contributed by atoms with Crippen LogP contribution < -0.4 is 52.0 Å². The molecule has 0 saturated heterocycles. The summed E-state index contributed by atoms with van der Waals surface area (Å²) in [7, 11) is -16.6. The summed E-state index contributed by atoms with van der Waals surface area (Å²) < 4.78 is 135. The number of benzene rings is 9. The molecule has 2 amide bonds. The van der Waals surface area contributed by atoms with Gasteiger partial charge in [0.1, 0.15) is 28.2 Å². The summed E-state index contributed by atoms with van der Waals surface area (Å²) >= 11 is 12.0. The molecule has 3 aliphatic heterocycles. The molecule has 27 nitrogen and oxygen atoms in total. The van der Waals surface area contributed by atoms with Crippen LogP contribution in [0.4, 0.5) is 78.6 Å². The van der Waals surface area contributed by atoms with Gasteiger partial charge in [0.2, 0.25) is 17.8 Å². The van der Waals surface area contributed by atoms with Crippen molar-refractivity contribution >= 4 is 148 Å². The molecule has 0 fully saturated rings. The molecule has 12 aromatic rings. The monoisotopic (exact) mass is 1680 g/mol. The van der Waals surface area contributed by atoms with Gasteiger partial charge in [0.05, 0.1) is 49.8 Å². The SMILES string of the molecule is N=S1(=O)CCCCNc2nc(ncc2-c2ccc(NC(=O)NCc3ccccc3)cc2)Nc2cccc1c2.N=S1(=O)CCCCNc2nc(ncc2-c2ccc(NS(=O)(=O)c3cccc(Cl)c3Cl)c(F)c2)Nc2cccc1c2.N=S1(=O)CCCCNc2nc(ncc2-c2ccc(NS(=O)(=O)c3ccccc3)cc2)Nc2cccc1c2. The average molecular weight is 1680 g/mol. The van der Waals surface area contributed by atoms with E-state index >= 15 is 4.39 Å². The molecule has 13 N–H and O–H groups in total. The van der Waals surface area contributed by atoms with Crippen molar-refractivity contribution in [2.75, 3.05) is 83.6 Å². The van der Waals surface area contributed by atoms with Crippen molar-refractivity contribution in [2.45, 2.75) is 69.5 Å². The first kappa shape index (κ1) is 81.2. The Balaban J connectivity index is 0.000000150. The summed E-state index contributed by atoms with van der Waals surface area (Å²) in [5.74, 6) is 2.74. The number of nitrogens with one attached hydrogen (secondary N) is 13. The molecular weight excluding hydrogens is 1610 g/mol. The number of hydrogen-bond acceptors (Lipinski definition) is 23. The van der Waals surface area contributed by atoms with E-state index < -0.39 is 55.1 Å². The maximum absolute atomic E-state index is 15.2. The van der Waals surface area contributed by atoms with E-state index in [1.807, 2.05) is 78.9 Å². The Labute approximate surface area is 676 Å². The standard InChI is InChI=1S/C28H29N7O2S.C26H23Cl2FN6O3S2.C26H26N6O3S2/c29-38(37)16-5-4-15-30-26-25(19-31-27(35-26)33-23-9-6-10-24(38)17-23)21-11-13-22(14-12-21)34-28(36)32-18-20-7-2-1-3-8-20;27-20-7-4-8-23(24(20)28)40(37,38)35-22-10-9-16(13-21(22)29)19-15-32-26-33-17-5-3-6-18(14-17)39(30,36)12-2-1-11-31-25(19)34-26;27-36(33)16-5-4-15-28-25-24(18-29-26(31-25)30-21-7-6-10-23(36)17-21)19-11-13-20(14-12-19)32-37(34,35)22-8-2-1-3-9-22/h1-3,6-14,17,19,29H,4-5,15-16,18H2,(H2,32,34,36)(H2,30,31,33,35);3-10,13-15,30,35H,1-2,11-12H2,(H2,31,32,33,34);1-3,6-14,17-18,27,32H,4-5,15-16H2,(H2,28,29,30,31). The first-order valence-corrected chi connectivity index (χ1v) is 45.1. The zero-order chi connectivity index (χ0) is 80.7. The fraction of sp³-hybridized carbons (Fsp3) is 0.163. The van der Waals surface area contributed by atoms with Crippen LogP contribution in [0.2, 0.25) is 10.0 Å². The number of hydrogen-bond donors (Lipinski definition) is 13. The van der Waals surface area contributed by atoms with E-state index in [2.05, 4.69) is 76.9 Å². The Bertz CT molecular complexity index is 6160. The van der Waals surface area contributed by atoms with E-state index in [4.69, 9.17) is 42.5 Å². The first-order valence-electron chi connectivity index (χ1n) is 36.2. The predicted octanol–water partition coefficient (Wildman–Crippen LogP) is 17.9. The van der Waals surface area contributed by atoms with Gasteiger partial charge in [-0.25, -0.2) is 67.9 Å². The van der Waals surface area contributed by atoms with Gasteiger partial charge in [0, 0.05) is 122 Å². The van der Waals surface area contributed by atoms with Crippen LogP contribution in [0.1, 0.15) is 44.1 Å². The second kappa shape index (κ2) is 36.1. The summed E-state index contributed by atoms with van der Waals surface area (Å²) in [6.07, 6.45) is 8.94. The van der Waals surface area contributed by atoms with E-state index in [0.29, 0.717) is 141 Å². The van der Waals surface area contributed by atoms with Gasteiger partial charge in [-0.1, -0.05) is 126 Å². The number of fused-ring (bicyclic) bond motifs is 12. The van der Waals surface area contributed by atoms with E-state index in [1.165, 1.54) is 36.5 Å². The van der Waals surface area contributed by atoms with Crippen molar-refractivity contribution in [3.63, 3.8) is 0 Å². The van der Waals surface area contributed by atoms with E-state index in [-0.39, 0.29) is 49.0 Å². The van der Waals surface area contributed by atoms with E-state index in [9.17, 15) is 34.3 Å². The molecule has 0 aliphatic carbocycles. The Morgan fingerprint density at radius 3 is 1.32 bits per heavy atom. The maximum Gasteiger partial charge on any atom is 0.319 e. The van der Waals surface area contributed by atoms with Gasteiger partial charge >= 0.3 is 6.03 Å². The van der Waals surface area contributed by atoms with Crippen molar-refractivity contribution in [1.82, 2.24) is 35.2 Å². The number of carbonyl (C=O) groups is 1. The van der Waals surface area contributed by atoms with E-state index in [0.717, 1.165) is 40.7 Å². The maximum atomic E-state index is 15.2. The first-order chi connectivity index (χ1) is 55.3. The van der Waals surface area contributed by atoms with Gasteiger partial charge < -0.3 is 42.5 Å². The summed E-state index contributed by atoms with van der Waals surface area (Å²) in [6.45, 7) is 2.13. The lowest BCUT2D eigenvalue weighted by molar-refractivity contribution is 0.251. The second-order valence-corrected chi connectivity index (χ2v) is 37.4. The Hall–Kier alpha value is -11.9. The molecule has 12 bridgehead atoms. The van der Waals surface area contributed by atoms with Crippen LogP contribution >= 0.6 is 23.2 Å². The molecule has 15 rings (SSSR count). The van der Waals surface area contributed by atoms with Gasteiger partial charge in [-0.15, -0.1) is 0 Å². The summed E-state index contributed by atoms with van der Waals surface area (Å²) in [5.41, 5.74) is 7.99. The largest absolute Gasteiger partial charge is 0.369 e. The van der Waals surface area contributed by atoms with Crippen molar-refractivity contribution < 1.29 is 38.6 Å². The fourth-order valence-electron chi connectivity index (χ4n) is 12.2. The molecule has 3 aliphatic rings. The summed E-state index contributed by atoms with van der Waals surface area (Å²) in [6, 6.07) is 61.3. The molecule has 3 aromatic heterocycles. The molecule has 6 heterocycles. The quantitative estimate of drug-likeness (QED) is 0.0540. The molecule has 115 heavy (non-hydrogen) atoms. The average Bonchev–Trinajstić information content (AvgIpc) is 1.66. The van der Waals surface area contributed by atoms with Crippen LogP contribution in [-0.4, -0.2) is 102 Å². The van der Waals surface area contributed by atoms with Gasteiger partial charge in [-0.05, 0) is 176 Å². The molecule has 3 unspecified atom stereocenters. The lowest BCUT2D eigenvalue weighted by Crippen LogP contribution is -2.28. The molecule has 0 radical (unpaired) electrons. The lowest BCUT2D eigenvalue weighted by Gasteiger charge is -2.15. The van der Waals surface area contributed by atoms with Crippen LogP contribution in [0, 0.1) is 20.2 Å². The third-order valence-corrected chi connectivity index (χ3v) is 27.6. The van der Waals surface area contributed by atoms with Gasteiger partial charge in [0.25, 0.3) is 20.0 Å². The lowest BCUT2D eigenvalue weighted by atomic mass is 10.1. The molecule has 3 atom stereocenters. The third kappa shape index (κ3) is 21.1. The van der Waals surface area contributed by atoms with Gasteiger partial charge in [0.15, 0.2) is 0 Å². The highest BCUT2D eigenvalue weighted by atomic mass is 35.5. The number of carbonyl (C=O) groups excluding carboxylic acids is 1. The van der Waals surface area contributed by atoms with Crippen LogP contribution in [0.5, 0.6) is 0 Å². The van der Waals surface area contributed by atoms with Crippen molar-refractivity contribution in [3.8, 4) is 33.4 Å². The van der Waals surface area contributed by atoms with Crippen LogP contribution in [-0.2, 0) is 55.8 Å². The molecule has 0 saturated carbocycles. The summed E-state index contributed by atoms with van der Waals surface area (Å²) in [5, 5.41) is 24.9. The van der Waals surface area contributed by atoms with Gasteiger partial charge in [-0.3, -0.25) is 9.44 Å². The number of nitrogens with zero attached hydrogens (tertiary/aromatic N) is 6. The molecule has 9 aromatic carbocycles. The fourth-order valence-corrected chi connectivity index (χ4v) is 19.5. The predicted molar refractivity (Wildman–Crippen MR) is 454 cm³/mol. The number of rotatable bonds is 12. The topological polar surface area (TPSA) is 406 Å². The van der Waals surface area contributed by atoms with Crippen LogP contribution in [0.25, 0.3) is 33.4 Å². The molecular formula is C80H78Cl2FN19O8S5. The molecule has 35 heteroatoms. The number of urea groups is 1. The minimum atomic E-state index is -4.22. The summed E-state index contributed by atoms with van der Waals surface area (Å²) in [4.78, 5) is 40.9. The Kier molecular flexibility index (Phi) is 25.5. The zero-order valence-electron chi connectivity index (χ0n) is 61.3. The van der Waals surface area contributed by atoms with Crippen molar-refractivity contribution in [2.24, 2.45) is 0 Å². The van der Waals surface area contributed by atoms with Crippen molar-refractivity contribution in [1.29, 1.82) is 14.3 Å². The Morgan fingerprint density at radius 1 is 0.452 bits per heavy atom. The highest BCUT2D eigenvalue weighted by Crippen LogP contribution is 2.37. The number of sulfonamides is 2. The van der Waals surface area contributed by atoms with E-state index in [1.54, 1.807) is 122 Å². The normalized spacial score (nSPS) is 17.3. The Morgan fingerprint density at radius 2 is 0.870 bits per heavy atom. The highest BCUT2D eigenvalue weighted by Gasteiger charge is 2.25. The van der Waals surface area contributed by atoms with Gasteiger partial charge in [-0.2, -0.15) is 15.0 Å². The van der Waals surface area contributed by atoms with Crippen LogP contribution in [0.3, 0.4) is 0 Å². The zero-order valence-corrected chi connectivity index (χ0v) is 66.9. The number of anilines is 12. The van der Waals surface area contributed by atoms with Crippen LogP contribution in [0.15, 0.2) is 261 Å². The number of amides is 2.